The van der Waals surface area contributed by atoms with Gasteiger partial charge in [-0.1, -0.05) is 15.9 Å². The molecule has 2 amide bonds. The highest BCUT2D eigenvalue weighted by atomic mass is 79.9. The lowest BCUT2D eigenvalue weighted by atomic mass is 10.0. The minimum absolute atomic E-state index is 0.0328. The quantitative estimate of drug-likeness (QED) is 0.730. The summed E-state index contributed by atoms with van der Waals surface area (Å²) in [5.74, 6) is -0.896. The van der Waals surface area contributed by atoms with E-state index < -0.39 is 5.97 Å². The first kappa shape index (κ1) is 19.4. The number of halogens is 1. The van der Waals surface area contributed by atoms with Crippen LogP contribution in [0.1, 0.15) is 43.0 Å². The Morgan fingerprint density at radius 3 is 2.64 bits per heavy atom. The van der Waals surface area contributed by atoms with Crippen LogP contribution in [0.5, 0.6) is 0 Å². The van der Waals surface area contributed by atoms with Crippen molar-refractivity contribution in [3.8, 4) is 0 Å². The Morgan fingerprint density at radius 2 is 1.96 bits per heavy atom. The van der Waals surface area contributed by atoms with Gasteiger partial charge in [0.2, 0.25) is 0 Å². The number of piperidine rings is 1. The fourth-order valence-electron chi connectivity index (χ4n) is 2.75. The predicted octanol–water partition coefficient (Wildman–Crippen LogP) is 2.51. The van der Waals surface area contributed by atoms with Crippen LogP contribution in [-0.2, 0) is 14.3 Å². The Morgan fingerprint density at radius 1 is 1.24 bits per heavy atom. The third kappa shape index (κ3) is 6.16. The molecular weight excluding hydrogens is 388 g/mol. The van der Waals surface area contributed by atoms with E-state index in [1.165, 1.54) is 0 Å². The van der Waals surface area contributed by atoms with Gasteiger partial charge in [0.15, 0.2) is 6.61 Å². The number of amides is 2. The number of rotatable bonds is 6. The van der Waals surface area contributed by atoms with Crippen molar-refractivity contribution in [1.29, 1.82) is 0 Å². The van der Waals surface area contributed by atoms with Crippen LogP contribution in [-0.4, -0.2) is 48.4 Å². The maximum absolute atomic E-state index is 12.1. The molecule has 1 aliphatic heterocycles. The number of esters is 1. The van der Waals surface area contributed by atoms with Crippen molar-refractivity contribution in [2.75, 3.05) is 19.7 Å². The van der Waals surface area contributed by atoms with E-state index in [-0.39, 0.29) is 37.4 Å². The van der Waals surface area contributed by atoms with Crippen LogP contribution >= 0.6 is 15.9 Å². The van der Waals surface area contributed by atoms with E-state index in [0.717, 1.165) is 30.3 Å². The molecule has 1 atom stereocenters. The zero-order valence-electron chi connectivity index (χ0n) is 14.3. The number of hydrogen-bond donors (Lipinski definition) is 1. The Labute approximate surface area is 156 Å². The smallest absolute Gasteiger partial charge is 0.308 e. The van der Waals surface area contributed by atoms with Crippen LogP contribution in [0.2, 0.25) is 0 Å². The summed E-state index contributed by atoms with van der Waals surface area (Å²) in [4.78, 5) is 37.5. The van der Waals surface area contributed by atoms with E-state index in [1.807, 2.05) is 6.92 Å². The van der Waals surface area contributed by atoms with Gasteiger partial charge in [-0.2, -0.15) is 0 Å². The lowest BCUT2D eigenvalue weighted by molar-refractivity contribution is -0.153. The van der Waals surface area contributed by atoms with Gasteiger partial charge in [0.1, 0.15) is 0 Å². The lowest BCUT2D eigenvalue weighted by Crippen LogP contribution is -2.44. The van der Waals surface area contributed by atoms with Gasteiger partial charge in [-0.15, -0.1) is 0 Å². The summed E-state index contributed by atoms with van der Waals surface area (Å²) < 4.78 is 5.91. The number of hydrogen-bond acceptors (Lipinski definition) is 4. The van der Waals surface area contributed by atoms with Crippen LogP contribution in [0.15, 0.2) is 28.7 Å². The molecule has 1 aromatic rings. The van der Waals surface area contributed by atoms with Gasteiger partial charge in [0.25, 0.3) is 11.8 Å². The monoisotopic (exact) mass is 410 g/mol. The van der Waals surface area contributed by atoms with Gasteiger partial charge < -0.3 is 15.0 Å². The highest BCUT2D eigenvalue weighted by Crippen LogP contribution is 2.16. The fourth-order valence-corrected chi connectivity index (χ4v) is 3.01. The zero-order chi connectivity index (χ0) is 18.2. The molecule has 0 aromatic heterocycles. The molecule has 1 aromatic carbocycles. The fraction of sp³-hybridized carbons (Fsp3) is 0.500. The molecule has 25 heavy (non-hydrogen) atoms. The SMILES string of the molecule is C[C@H]1CCCCN1C(=O)COC(=O)CCNC(=O)c1ccc(Br)cc1. The maximum Gasteiger partial charge on any atom is 0.308 e. The minimum atomic E-state index is -0.492. The maximum atomic E-state index is 12.1. The average Bonchev–Trinajstić information content (AvgIpc) is 2.60. The van der Waals surface area contributed by atoms with E-state index >= 15 is 0 Å². The Kier molecular flexibility index (Phi) is 7.43. The molecule has 0 saturated carbocycles. The molecule has 0 spiro atoms. The number of likely N-dealkylation sites (tertiary alicyclic amines) is 1. The number of benzene rings is 1. The Hall–Kier alpha value is -1.89. The molecule has 136 valence electrons. The molecule has 0 aliphatic carbocycles. The van der Waals surface area contributed by atoms with E-state index in [0.29, 0.717) is 5.56 Å². The normalized spacial score (nSPS) is 17.0. The van der Waals surface area contributed by atoms with E-state index in [4.69, 9.17) is 4.74 Å². The van der Waals surface area contributed by atoms with Crippen molar-refractivity contribution >= 4 is 33.7 Å². The van der Waals surface area contributed by atoms with Crippen LogP contribution in [0.4, 0.5) is 0 Å². The van der Waals surface area contributed by atoms with Crippen LogP contribution in [0.3, 0.4) is 0 Å². The standard InChI is InChI=1S/C18H23BrN2O4/c1-13-4-2-3-11-21(13)16(22)12-25-17(23)9-10-20-18(24)14-5-7-15(19)8-6-14/h5-8,13H,2-4,9-12H2,1H3,(H,20,24)/t13-/m0/s1. The number of nitrogens with one attached hydrogen (secondary N) is 1. The molecule has 1 heterocycles. The van der Waals surface area contributed by atoms with E-state index in [2.05, 4.69) is 21.2 Å². The van der Waals surface area contributed by atoms with Gasteiger partial charge in [-0.25, -0.2) is 0 Å². The average molecular weight is 411 g/mol. The summed E-state index contributed by atoms with van der Waals surface area (Å²) >= 11 is 3.30. The first-order valence-electron chi connectivity index (χ1n) is 8.46. The topological polar surface area (TPSA) is 75.7 Å². The van der Waals surface area contributed by atoms with Crippen molar-refractivity contribution < 1.29 is 19.1 Å². The number of carbonyl (C=O) groups is 3. The highest BCUT2D eigenvalue weighted by molar-refractivity contribution is 9.10. The third-order valence-electron chi connectivity index (χ3n) is 4.20. The molecule has 0 unspecified atom stereocenters. The highest BCUT2D eigenvalue weighted by Gasteiger charge is 2.23. The lowest BCUT2D eigenvalue weighted by Gasteiger charge is -2.33. The molecule has 1 saturated heterocycles. The van der Waals surface area contributed by atoms with Crippen molar-refractivity contribution in [2.24, 2.45) is 0 Å². The first-order valence-corrected chi connectivity index (χ1v) is 9.25. The van der Waals surface area contributed by atoms with Crippen molar-refractivity contribution in [2.45, 2.75) is 38.6 Å². The summed E-state index contributed by atoms with van der Waals surface area (Å²) in [6, 6.07) is 7.13. The predicted molar refractivity (Wildman–Crippen MR) is 97.1 cm³/mol. The number of nitrogens with zero attached hydrogens (tertiary/aromatic N) is 1. The van der Waals surface area contributed by atoms with E-state index in [9.17, 15) is 14.4 Å². The van der Waals surface area contributed by atoms with Gasteiger partial charge in [-0.05, 0) is 50.5 Å². The first-order chi connectivity index (χ1) is 12.0. The van der Waals surface area contributed by atoms with Gasteiger partial charge >= 0.3 is 5.97 Å². The Balaban J connectivity index is 1.66. The van der Waals surface area contributed by atoms with Crippen LogP contribution in [0.25, 0.3) is 0 Å². The summed E-state index contributed by atoms with van der Waals surface area (Å²) in [6.45, 7) is 2.67. The van der Waals surface area contributed by atoms with Crippen LogP contribution in [0, 0.1) is 0 Å². The summed E-state index contributed by atoms with van der Waals surface area (Å²) in [7, 11) is 0. The molecular formula is C18H23BrN2O4. The molecule has 1 aliphatic rings. The molecule has 2 rings (SSSR count). The molecule has 7 heteroatoms. The van der Waals surface area contributed by atoms with Crippen molar-refractivity contribution in [3.05, 3.63) is 34.3 Å². The van der Waals surface area contributed by atoms with Gasteiger partial charge in [0, 0.05) is 29.2 Å². The summed E-state index contributed by atoms with van der Waals surface area (Å²) in [5, 5.41) is 2.66. The van der Waals surface area contributed by atoms with Gasteiger partial charge in [0.05, 0.1) is 6.42 Å². The number of carbonyl (C=O) groups excluding carboxylic acids is 3. The molecule has 1 N–H and O–H groups in total. The molecule has 0 radical (unpaired) electrons. The molecule has 1 fully saturated rings. The number of ether oxygens (including phenoxy) is 1. The summed E-state index contributed by atoms with van der Waals surface area (Å²) in [6.07, 6.45) is 3.14. The summed E-state index contributed by atoms with van der Waals surface area (Å²) in [5.41, 5.74) is 0.519. The second-order valence-electron chi connectivity index (χ2n) is 6.11. The third-order valence-corrected chi connectivity index (χ3v) is 4.73. The van der Waals surface area contributed by atoms with Crippen molar-refractivity contribution in [1.82, 2.24) is 10.2 Å². The zero-order valence-corrected chi connectivity index (χ0v) is 15.9. The van der Waals surface area contributed by atoms with Crippen molar-refractivity contribution in [3.63, 3.8) is 0 Å². The van der Waals surface area contributed by atoms with Gasteiger partial charge in [-0.3, -0.25) is 14.4 Å². The second-order valence-corrected chi connectivity index (χ2v) is 7.02. The Bertz CT molecular complexity index is 618. The second kappa shape index (κ2) is 9.56. The largest absolute Gasteiger partial charge is 0.456 e. The van der Waals surface area contributed by atoms with Crippen LogP contribution < -0.4 is 5.32 Å². The molecule has 0 bridgehead atoms. The minimum Gasteiger partial charge on any atom is -0.456 e. The molecule has 6 nitrogen and oxygen atoms in total. The van der Waals surface area contributed by atoms with E-state index in [1.54, 1.807) is 29.2 Å².